The summed E-state index contributed by atoms with van der Waals surface area (Å²) in [6.07, 6.45) is 0. The Labute approximate surface area is 731 Å². The van der Waals surface area contributed by atoms with Gasteiger partial charge in [-0.1, -0.05) is 343 Å². The lowest BCUT2D eigenvalue weighted by molar-refractivity contribution is 0.589. The van der Waals surface area contributed by atoms with E-state index in [1.807, 2.05) is 24.3 Å². The molecule has 0 aliphatic carbocycles. The van der Waals surface area contributed by atoms with Gasteiger partial charge >= 0.3 is 0 Å². The molecule has 0 saturated carbocycles. The van der Waals surface area contributed by atoms with E-state index in [9.17, 15) is 21.9 Å². The normalized spacial score (nSPS) is 15.2. The predicted octanol–water partition coefficient (Wildman–Crippen LogP) is 29.5. The summed E-state index contributed by atoms with van der Waals surface area (Å²) in [6.45, 7) is 39.3. The first-order chi connectivity index (χ1) is 64.0. The van der Waals surface area contributed by atoms with Crippen molar-refractivity contribution < 1.29 is 21.9 Å². The number of nitrogens with zero attached hydrogens (tertiary/aromatic N) is 5. The van der Waals surface area contributed by atoms with Gasteiger partial charge in [-0.3, -0.25) is 0 Å². The molecule has 5 heterocycles. The number of aromatic nitrogens is 3. The van der Waals surface area contributed by atoms with E-state index in [0.29, 0.717) is 34.1 Å². The Kier molecular flexibility index (Phi) is 13.7. The monoisotopic (exact) mass is 1570 g/mol. The molecule has 2 aliphatic rings. The molecule has 2 aliphatic heterocycles. The molecule has 120 heavy (non-hydrogen) atoms. The molecule has 0 saturated heterocycles. The molecule has 0 radical (unpaired) electrons. The lowest BCUT2D eigenvalue weighted by atomic mass is 9.33. The Morgan fingerprint density at radius 1 is 0.233 bits per heavy atom. The average molecular weight is 1570 g/mol. The number of fused-ring (bicyclic) bond motifs is 13. The zero-order valence-electron chi connectivity index (χ0n) is 87.6. The van der Waals surface area contributed by atoms with Crippen molar-refractivity contribution >= 4 is 123 Å². The molecule has 15 aromatic carbocycles. The third-order valence-electron chi connectivity index (χ3n) is 25.0. The van der Waals surface area contributed by atoms with Crippen LogP contribution in [-0.2, 0) is 32.5 Å². The third kappa shape index (κ3) is 12.5. The van der Waals surface area contributed by atoms with Gasteiger partial charge < -0.3 is 23.5 Å². The lowest BCUT2D eigenvalue weighted by Gasteiger charge is -2.46. The Hall–Kier alpha value is -12.6. The largest absolute Gasteiger partial charge is 0.310 e. The molecule has 18 aromatic rings. The van der Waals surface area contributed by atoms with Crippen LogP contribution in [0.3, 0.4) is 0 Å². The van der Waals surface area contributed by atoms with Crippen LogP contribution >= 0.6 is 0 Å². The highest BCUT2D eigenvalue weighted by Crippen LogP contribution is 2.57. The molecule has 5 nitrogen and oxygen atoms in total. The predicted molar refractivity (Wildman–Crippen MR) is 517 cm³/mol. The van der Waals surface area contributed by atoms with Crippen LogP contribution in [-0.4, -0.2) is 20.4 Å². The molecule has 0 amide bonds. The smallest absolute Gasteiger partial charge is 0.252 e. The van der Waals surface area contributed by atoms with E-state index in [1.54, 1.807) is 9.13 Å². The van der Waals surface area contributed by atoms with E-state index in [2.05, 4.69) is 333 Å². The van der Waals surface area contributed by atoms with Gasteiger partial charge in [-0.2, -0.15) is 0 Å². The number of hydrogen-bond donors (Lipinski definition) is 0. The van der Waals surface area contributed by atoms with Crippen molar-refractivity contribution in [1.29, 1.82) is 0 Å². The highest BCUT2D eigenvalue weighted by Gasteiger charge is 2.47. The fourth-order valence-electron chi connectivity index (χ4n) is 18.5. The van der Waals surface area contributed by atoms with E-state index in [1.165, 1.54) is 0 Å². The maximum atomic E-state index is 10.1. The Morgan fingerprint density at radius 2 is 0.508 bits per heavy atom. The average Bonchev–Trinajstić information content (AvgIpc) is 1.24. The molecular weight excluding hydrogens is 1450 g/mol. The summed E-state index contributed by atoms with van der Waals surface area (Å²) in [7, 11) is 0. The summed E-state index contributed by atoms with van der Waals surface area (Å²) >= 11 is 0. The molecule has 20 rings (SSSR count). The van der Waals surface area contributed by atoms with Crippen LogP contribution in [0.15, 0.2) is 315 Å². The topological polar surface area (TPSA) is 21.3 Å². The molecule has 0 atom stereocenters. The maximum absolute atomic E-state index is 10.1. The second kappa shape index (κ2) is 27.5. The Balaban J connectivity index is 1.07. The number of hydrogen-bond acceptors (Lipinski definition) is 2. The third-order valence-corrected chi connectivity index (χ3v) is 25.0. The number of anilines is 6. The van der Waals surface area contributed by atoms with Gasteiger partial charge in [-0.05, 0) is 201 Å². The maximum Gasteiger partial charge on any atom is 0.252 e. The summed E-state index contributed by atoms with van der Waals surface area (Å²) in [4.78, 5) is 4.82. The van der Waals surface area contributed by atoms with Crippen molar-refractivity contribution in [3.8, 4) is 61.6 Å². The minimum atomic E-state index is -0.860. The molecule has 0 bridgehead atoms. The van der Waals surface area contributed by atoms with Gasteiger partial charge in [-0.15, -0.1) is 0 Å². The lowest BCUT2D eigenvalue weighted by Crippen LogP contribution is -2.61. The Morgan fingerprint density at radius 3 is 0.808 bits per heavy atom. The molecule has 0 spiro atoms. The molecule has 0 unspecified atom stereocenters. The van der Waals surface area contributed by atoms with Crippen LogP contribution in [0.5, 0.6) is 0 Å². The quantitative estimate of drug-likeness (QED) is 0.134. The molecule has 0 N–H and O–H groups in total. The van der Waals surface area contributed by atoms with Crippen molar-refractivity contribution in [3.05, 3.63) is 348 Å². The number of para-hydroxylation sites is 6. The van der Waals surface area contributed by atoms with Crippen molar-refractivity contribution in [2.45, 2.75) is 157 Å². The van der Waals surface area contributed by atoms with Gasteiger partial charge in [0.05, 0.1) is 72.1 Å². The molecular formula is C114H106BN5. The van der Waals surface area contributed by atoms with Gasteiger partial charge in [-0.25, -0.2) is 0 Å². The second-order valence-electron chi connectivity index (χ2n) is 39.1. The highest BCUT2D eigenvalue weighted by molar-refractivity contribution is 7.00. The first-order valence-electron chi connectivity index (χ1n) is 49.9. The van der Waals surface area contributed by atoms with Crippen LogP contribution in [0, 0.1) is 0 Å². The standard InChI is InChI=1S/C114H106BN5/c1-109(2,3)75-39-31-35-71(59-75)90-63-79(113(13,14)15)64-91(72-36-32-40-76(60-72)110(4,5)6)107(90)119-102-67-81(116-96-49-25-19-43-84(96)85-44-20-26-50-97(85)116)55-57-94(102)115-95-58-56-82(117-98-51-27-21-45-86(98)87-46-22-28-52-99(87)117)68-103(95)120(105-70-83(69-104(119)106(105)115)118-100-53-29-23-47-88(100)89-48-24-30-54-101(89)118)108-92(73-37-33-41-77(61-73)111(7,8)9)65-80(114(16,17)18)66-93(108)74-38-34-42-78(62-74)112(10,11)12/h19-70H,1-18H3/i19D,20D,21D,22D,25D,26D,27D,28D,43D,44D,45D,46D,49D,50D,51D,52D. The van der Waals surface area contributed by atoms with Gasteiger partial charge in [0.15, 0.2) is 0 Å². The molecule has 0 fully saturated rings. The first kappa shape index (κ1) is 59.9. The second-order valence-corrected chi connectivity index (χ2v) is 39.1. The van der Waals surface area contributed by atoms with Crippen molar-refractivity contribution in [1.82, 2.24) is 13.7 Å². The van der Waals surface area contributed by atoms with Crippen LogP contribution in [0.1, 0.15) is 180 Å². The fraction of sp³-hybridized carbons (Fsp3) is 0.211. The van der Waals surface area contributed by atoms with E-state index in [0.717, 1.165) is 133 Å². The van der Waals surface area contributed by atoms with Crippen LogP contribution in [0.25, 0.3) is 127 Å². The Bertz CT molecular complexity index is 7490. The van der Waals surface area contributed by atoms with Gasteiger partial charge in [0.2, 0.25) is 0 Å². The molecule has 6 heteroatoms. The van der Waals surface area contributed by atoms with Crippen LogP contribution in [0.4, 0.5) is 34.1 Å². The van der Waals surface area contributed by atoms with Crippen LogP contribution < -0.4 is 26.2 Å². The van der Waals surface area contributed by atoms with E-state index >= 15 is 0 Å². The fourth-order valence-corrected chi connectivity index (χ4v) is 18.5. The van der Waals surface area contributed by atoms with E-state index < -0.39 is 114 Å². The van der Waals surface area contributed by atoms with Gasteiger partial charge in [0.25, 0.3) is 6.71 Å². The molecule has 590 valence electrons. The summed E-state index contributed by atoms with van der Waals surface area (Å²) in [5.41, 5.74) is 20.3. The zero-order chi connectivity index (χ0) is 97.1. The summed E-state index contributed by atoms with van der Waals surface area (Å²) in [6, 6.07) is 69.9. The number of benzene rings is 15. The minimum absolute atomic E-state index is 0.0586. The molecule has 3 aromatic heterocycles. The van der Waals surface area contributed by atoms with Crippen LogP contribution in [0.2, 0.25) is 0 Å². The van der Waals surface area contributed by atoms with Crippen molar-refractivity contribution in [3.63, 3.8) is 0 Å². The SMILES string of the molecule is [2H]c1c([2H])c([2H])c2c(c1[2H])c1c([2H])c([2H])c([2H])c([2H])c1n2-c1ccc2c(c1)N(c1c(-c3cccc(C(C)(C)C)c3)cc(C(C)(C)C)cc1-c1cccc(C(C)(C)C)c1)c1cc(-n3c4ccccc4c4ccccc43)cc3c1B2c1ccc(-n2c4c([2H])c([2H])c([2H])c([2H])c4c4c([2H])c([2H])c([2H])c([2H])c42)cc1N3c1c(-c2cccc(C(C)(C)C)c2)cc(C(C)(C)C)cc1-c1cccc(C(C)(C)C)c1. The van der Waals surface area contributed by atoms with Gasteiger partial charge in [0, 0.05) is 88.7 Å². The summed E-state index contributed by atoms with van der Waals surface area (Å²) < 4.78 is 161. The zero-order valence-corrected chi connectivity index (χ0v) is 71.6. The van der Waals surface area contributed by atoms with Crippen molar-refractivity contribution in [2.75, 3.05) is 9.80 Å². The first-order valence-corrected chi connectivity index (χ1v) is 41.9. The minimum Gasteiger partial charge on any atom is -0.310 e. The summed E-state index contributed by atoms with van der Waals surface area (Å²) in [5, 5.41) is 1.66. The van der Waals surface area contributed by atoms with E-state index in [4.69, 9.17) is 0 Å². The van der Waals surface area contributed by atoms with Crippen molar-refractivity contribution in [2.24, 2.45) is 0 Å². The highest BCUT2D eigenvalue weighted by atomic mass is 15.2. The van der Waals surface area contributed by atoms with E-state index in [-0.39, 0.29) is 65.3 Å². The number of rotatable bonds is 9. The summed E-state index contributed by atoms with van der Waals surface area (Å²) in [5.74, 6) is 0. The van der Waals surface area contributed by atoms with Gasteiger partial charge in [0.1, 0.15) is 0 Å².